The van der Waals surface area contributed by atoms with E-state index in [1.165, 1.54) is 11.3 Å². The number of hydrogen-bond donors (Lipinski definition) is 1. The monoisotopic (exact) mass is 386 g/mol. The summed E-state index contributed by atoms with van der Waals surface area (Å²) in [7, 11) is 1.56. The molecule has 0 aliphatic rings. The smallest absolute Gasteiger partial charge is 0.355 e. The Kier molecular flexibility index (Phi) is 6.79. The number of aromatic carboxylic acids is 1. The Hall–Kier alpha value is -3.06. The van der Waals surface area contributed by atoms with Gasteiger partial charge < -0.3 is 14.6 Å². The largest absolute Gasteiger partial charge is 0.493 e. The van der Waals surface area contributed by atoms with Crippen molar-refractivity contribution in [3.63, 3.8) is 0 Å². The van der Waals surface area contributed by atoms with Crippen LogP contribution >= 0.6 is 11.3 Å². The van der Waals surface area contributed by atoms with Gasteiger partial charge in [0.15, 0.2) is 22.2 Å². The third-order valence-corrected chi connectivity index (χ3v) is 4.17. The maximum atomic E-state index is 11.6. The van der Waals surface area contributed by atoms with E-state index < -0.39 is 5.97 Å². The molecule has 3 aromatic rings. The molecule has 142 valence electrons. The van der Waals surface area contributed by atoms with Gasteiger partial charge in [-0.05, 0) is 25.1 Å². The van der Waals surface area contributed by atoms with E-state index in [1.54, 1.807) is 48.2 Å². The van der Waals surface area contributed by atoms with Crippen LogP contribution in [-0.4, -0.2) is 27.6 Å². The summed E-state index contributed by atoms with van der Waals surface area (Å²) in [4.78, 5) is 16.6. The molecule has 0 aliphatic carbocycles. The van der Waals surface area contributed by atoms with Crippen molar-refractivity contribution in [1.82, 2.24) is 9.38 Å². The first-order valence-electron chi connectivity index (χ1n) is 8.38. The van der Waals surface area contributed by atoms with E-state index in [0.29, 0.717) is 27.9 Å². The Labute approximate surface area is 162 Å². The lowest BCUT2D eigenvalue weighted by Crippen LogP contribution is -2.02. The number of nitrogens with zero attached hydrogens (tertiary/aromatic N) is 2. The van der Waals surface area contributed by atoms with Crippen molar-refractivity contribution in [2.75, 3.05) is 7.11 Å². The van der Waals surface area contributed by atoms with E-state index in [4.69, 9.17) is 9.47 Å². The third-order valence-electron chi connectivity index (χ3n) is 3.42. The summed E-state index contributed by atoms with van der Waals surface area (Å²) in [6.45, 7) is 9.49. The number of fused-ring (bicyclic) bond motifs is 1. The quantitative estimate of drug-likeness (QED) is 0.589. The van der Waals surface area contributed by atoms with Crippen LogP contribution in [0.5, 0.6) is 11.5 Å². The fourth-order valence-corrected chi connectivity index (χ4v) is 3.13. The summed E-state index contributed by atoms with van der Waals surface area (Å²) in [6, 6.07) is 5.45. The molecule has 0 aliphatic heterocycles. The number of methoxy groups -OCH3 is 1. The van der Waals surface area contributed by atoms with Gasteiger partial charge in [0.2, 0.25) is 0 Å². The molecule has 0 unspecified atom stereocenters. The molecular weight excluding hydrogens is 364 g/mol. The fourth-order valence-electron chi connectivity index (χ4n) is 2.41. The van der Waals surface area contributed by atoms with Gasteiger partial charge >= 0.3 is 5.97 Å². The second kappa shape index (κ2) is 9.05. The molecule has 0 spiro atoms. The van der Waals surface area contributed by atoms with Gasteiger partial charge in [0, 0.05) is 17.1 Å². The van der Waals surface area contributed by atoms with Crippen LogP contribution in [0.1, 0.15) is 42.5 Å². The van der Waals surface area contributed by atoms with E-state index >= 15 is 0 Å². The number of thiazole rings is 1. The van der Waals surface area contributed by atoms with Crippen molar-refractivity contribution in [1.29, 1.82) is 0 Å². The third kappa shape index (κ3) is 4.38. The SMILES string of the molecule is C=C(C)Oc1c(/C=C/c2nc3sccn3c2C(=O)O)cccc1OC.CC. The van der Waals surface area contributed by atoms with E-state index in [9.17, 15) is 9.90 Å². The fraction of sp³-hybridized carbons (Fsp3) is 0.200. The molecule has 1 aromatic carbocycles. The average Bonchev–Trinajstić information content (AvgIpc) is 3.22. The maximum absolute atomic E-state index is 11.6. The van der Waals surface area contributed by atoms with Gasteiger partial charge in [0.25, 0.3) is 0 Å². The van der Waals surface area contributed by atoms with E-state index in [1.807, 2.05) is 26.0 Å². The van der Waals surface area contributed by atoms with Crippen LogP contribution in [0.2, 0.25) is 0 Å². The molecule has 0 atom stereocenters. The van der Waals surface area contributed by atoms with Crippen molar-refractivity contribution in [3.05, 3.63) is 59.1 Å². The number of rotatable bonds is 6. The zero-order chi connectivity index (χ0) is 20.0. The molecule has 0 amide bonds. The number of benzene rings is 1. The molecule has 2 heterocycles. The number of aromatic nitrogens is 2. The summed E-state index contributed by atoms with van der Waals surface area (Å²) in [5.74, 6) is 0.573. The van der Waals surface area contributed by atoms with Crippen LogP contribution in [0.4, 0.5) is 0 Å². The molecule has 0 saturated heterocycles. The first-order chi connectivity index (χ1) is 13.0. The predicted octanol–water partition coefficient (Wildman–Crippen LogP) is 5.21. The normalized spacial score (nSPS) is 10.5. The van der Waals surface area contributed by atoms with Crippen molar-refractivity contribution in [3.8, 4) is 11.5 Å². The summed E-state index contributed by atoms with van der Waals surface area (Å²) in [6.07, 6.45) is 5.10. The molecule has 1 N–H and O–H groups in total. The predicted molar refractivity (Wildman–Crippen MR) is 109 cm³/mol. The first kappa shape index (κ1) is 20.3. The molecule has 3 rings (SSSR count). The summed E-state index contributed by atoms with van der Waals surface area (Å²) in [5.41, 5.74) is 1.23. The minimum absolute atomic E-state index is 0.123. The highest BCUT2D eigenvalue weighted by Crippen LogP contribution is 2.33. The van der Waals surface area contributed by atoms with Crippen molar-refractivity contribution < 1.29 is 19.4 Å². The number of carbonyl (C=O) groups is 1. The van der Waals surface area contributed by atoms with Crippen LogP contribution in [0, 0.1) is 0 Å². The Balaban J connectivity index is 0.00000126. The molecule has 0 bridgehead atoms. The Bertz CT molecular complexity index is 985. The molecule has 0 radical (unpaired) electrons. The van der Waals surface area contributed by atoms with Crippen LogP contribution in [0.3, 0.4) is 0 Å². The summed E-state index contributed by atoms with van der Waals surface area (Å²) < 4.78 is 12.6. The minimum atomic E-state index is -1.03. The zero-order valence-electron chi connectivity index (χ0n) is 15.7. The molecule has 0 saturated carbocycles. The molecule has 6 nitrogen and oxygen atoms in total. The number of carboxylic acid groups (broad SMARTS) is 1. The highest BCUT2D eigenvalue weighted by molar-refractivity contribution is 7.15. The zero-order valence-corrected chi connectivity index (χ0v) is 16.5. The van der Waals surface area contributed by atoms with Crippen molar-refractivity contribution in [2.45, 2.75) is 20.8 Å². The lowest BCUT2D eigenvalue weighted by molar-refractivity contribution is 0.0689. The van der Waals surface area contributed by atoms with Gasteiger partial charge in [-0.25, -0.2) is 9.78 Å². The number of para-hydroxylation sites is 1. The van der Waals surface area contributed by atoms with Crippen LogP contribution < -0.4 is 9.47 Å². The number of ether oxygens (including phenoxy) is 2. The summed E-state index contributed by atoms with van der Waals surface area (Å²) in [5, 5.41) is 11.3. The van der Waals surface area contributed by atoms with Gasteiger partial charge in [-0.15, -0.1) is 11.3 Å². The highest BCUT2D eigenvalue weighted by atomic mass is 32.1. The van der Waals surface area contributed by atoms with Crippen molar-refractivity contribution >= 4 is 34.4 Å². The van der Waals surface area contributed by atoms with Gasteiger partial charge in [-0.1, -0.05) is 32.6 Å². The van der Waals surface area contributed by atoms with E-state index in [-0.39, 0.29) is 5.69 Å². The minimum Gasteiger partial charge on any atom is -0.493 e. The summed E-state index contributed by atoms with van der Waals surface area (Å²) >= 11 is 1.38. The second-order valence-corrected chi connectivity index (χ2v) is 6.10. The first-order valence-corrected chi connectivity index (χ1v) is 9.26. The standard InChI is InChI=1S/C18H16N2O4S.C2H6/c1-11(2)24-16-12(5-4-6-14(16)23-3)7-8-13-15(17(21)22)20-9-10-25-18(20)19-13;1-2/h4-10H,1H2,2-3H3,(H,21,22);1-2H3/b8-7+;. The van der Waals surface area contributed by atoms with Crippen molar-refractivity contribution in [2.24, 2.45) is 0 Å². The number of carboxylic acids is 1. The van der Waals surface area contributed by atoms with Gasteiger partial charge in [0.1, 0.15) is 0 Å². The second-order valence-electron chi connectivity index (χ2n) is 5.22. The van der Waals surface area contributed by atoms with Crippen LogP contribution in [0.25, 0.3) is 17.1 Å². The van der Waals surface area contributed by atoms with Gasteiger partial charge in [0.05, 0.1) is 18.6 Å². The topological polar surface area (TPSA) is 73.1 Å². The molecule has 0 fully saturated rings. The van der Waals surface area contributed by atoms with Crippen LogP contribution in [0.15, 0.2) is 42.1 Å². The van der Waals surface area contributed by atoms with Crippen LogP contribution in [-0.2, 0) is 0 Å². The highest BCUT2D eigenvalue weighted by Gasteiger charge is 2.17. The molecule has 27 heavy (non-hydrogen) atoms. The van der Waals surface area contributed by atoms with E-state index in [0.717, 1.165) is 5.56 Å². The Morgan fingerprint density at radius 3 is 2.70 bits per heavy atom. The van der Waals surface area contributed by atoms with E-state index in [2.05, 4.69) is 11.6 Å². The molecular formula is C20H22N2O4S. The Morgan fingerprint density at radius 1 is 1.33 bits per heavy atom. The molecule has 2 aromatic heterocycles. The average molecular weight is 386 g/mol. The number of hydrogen-bond acceptors (Lipinski definition) is 5. The maximum Gasteiger partial charge on any atom is 0.355 e. The number of allylic oxidation sites excluding steroid dienone is 1. The van der Waals surface area contributed by atoms with Gasteiger partial charge in [-0.3, -0.25) is 4.40 Å². The lowest BCUT2D eigenvalue weighted by Gasteiger charge is -2.12. The lowest BCUT2D eigenvalue weighted by atomic mass is 10.1. The molecule has 7 heteroatoms. The van der Waals surface area contributed by atoms with Gasteiger partial charge in [-0.2, -0.15) is 0 Å². The number of imidazole rings is 1. The Morgan fingerprint density at radius 2 is 2.07 bits per heavy atom.